The van der Waals surface area contributed by atoms with E-state index < -0.39 is 0 Å². The molecule has 0 spiro atoms. The summed E-state index contributed by atoms with van der Waals surface area (Å²) < 4.78 is 5.37. The predicted octanol–water partition coefficient (Wildman–Crippen LogP) is 1.37. The van der Waals surface area contributed by atoms with Gasteiger partial charge in [-0.05, 0) is 45.1 Å². The number of guanidine groups is 1. The molecule has 2 atom stereocenters. The van der Waals surface area contributed by atoms with E-state index in [1.807, 2.05) is 0 Å². The number of aliphatic imine (C=N–C) groups is 1. The van der Waals surface area contributed by atoms with Crippen LogP contribution in [0.25, 0.3) is 0 Å². The van der Waals surface area contributed by atoms with Crippen molar-refractivity contribution in [3.8, 4) is 0 Å². The highest BCUT2D eigenvalue weighted by Crippen LogP contribution is 2.27. The van der Waals surface area contributed by atoms with Crippen LogP contribution in [0.3, 0.4) is 0 Å². The van der Waals surface area contributed by atoms with Crippen LogP contribution in [0.1, 0.15) is 40.5 Å². The van der Waals surface area contributed by atoms with Crippen molar-refractivity contribution in [1.29, 1.82) is 0 Å². The summed E-state index contributed by atoms with van der Waals surface area (Å²) in [6.45, 7) is 18.1. The van der Waals surface area contributed by atoms with Gasteiger partial charge in [0.1, 0.15) is 0 Å². The summed E-state index contributed by atoms with van der Waals surface area (Å²) in [6.07, 6.45) is 2.42. The number of rotatable bonds is 7. The maximum Gasteiger partial charge on any atom is 0.188 e. The molecule has 3 N–H and O–H groups in total. The molecule has 6 heteroatoms. The summed E-state index contributed by atoms with van der Waals surface area (Å²) in [5.41, 5.74) is 6.13. The molecule has 2 unspecified atom stereocenters. The summed E-state index contributed by atoms with van der Waals surface area (Å²) in [5.74, 6) is 2.11. The zero-order chi connectivity index (χ0) is 18.3. The molecule has 25 heavy (non-hydrogen) atoms. The van der Waals surface area contributed by atoms with Gasteiger partial charge in [-0.2, -0.15) is 0 Å². The van der Waals surface area contributed by atoms with Crippen LogP contribution < -0.4 is 11.1 Å². The third-order valence-electron chi connectivity index (χ3n) is 5.42. The van der Waals surface area contributed by atoms with Crippen molar-refractivity contribution in [3.05, 3.63) is 0 Å². The van der Waals surface area contributed by atoms with Crippen LogP contribution in [-0.2, 0) is 4.74 Å². The molecule has 0 bridgehead atoms. The smallest absolute Gasteiger partial charge is 0.188 e. The maximum absolute atomic E-state index is 6.07. The fraction of sp³-hybridized carbons (Fsp3) is 0.947. The number of likely N-dealkylation sites (tertiary alicyclic amines) is 1. The van der Waals surface area contributed by atoms with Crippen LogP contribution >= 0.6 is 0 Å². The second kappa shape index (κ2) is 9.74. The van der Waals surface area contributed by atoms with E-state index in [0.29, 0.717) is 5.96 Å². The molecule has 146 valence electrons. The van der Waals surface area contributed by atoms with Crippen molar-refractivity contribution in [2.45, 2.75) is 46.1 Å². The SMILES string of the molecule is CC1CC(C)CN(C(C)(C)CN=C(N)NCCCN2CCOCC2)C1. The van der Waals surface area contributed by atoms with Crippen molar-refractivity contribution in [2.75, 3.05) is 59.0 Å². The Kier molecular flexibility index (Phi) is 7.97. The third-order valence-corrected chi connectivity index (χ3v) is 5.42. The van der Waals surface area contributed by atoms with Gasteiger partial charge in [-0.25, -0.2) is 0 Å². The quantitative estimate of drug-likeness (QED) is 0.411. The second-order valence-electron chi connectivity index (χ2n) is 8.60. The molecule has 0 aromatic carbocycles. The molecule has 2 saturated heterocycles. The Morgan fingerprint density at radius 3 is 2.48 bits per heavy atom. The lowest BCUT2D eigenvalue weighted by atomic mass is 9.88. The van der Waals surface area contributed by atoms with Gasteiger partial charge in [0.15, 0.2) is 5.96 Å². The fourth-order valence-corrected chi connectivity index (χ4v) is 3.94. The van der Waals surface area contributed by atoms with Crippen LogP contribution in [0.5, 0.6) is 0 Å². The molecule has 0 aliphatic carbocycles. The molecular formula is C19H39N5O. The molecule has 0 radical (unpaired) electrons. The summed E-state index contributed by atoms with van der Waals surface area (Å²) in [5, 5.41) is 3.27. The summed E-state index contributed by atoms with van der Waals surface area (Å²) in [7, 11) is 0. The molecule has 0 saturated carbocycles. The van der Waals surface area contributed by atoms with E-state index in [1.54, 1.807) is 0 Å². The van der Waals surface area contributed by atoms with Gasteiger partial charge in [-0.3, -0.25) is 14.8 Å². The first-order chi connectivity index (χ1) is 11.9. The number of hydrogen-bond donors (Lipinski definition) is 2. The third kappa shape index (κ3) is 7.12. The Morgan fingerprint density at radius 1 is 1.20 bits per heavy atom. The van der Waals surface area contributed by atoms with Gasteiger partial charge < -0.3 is 15.8 Å². The molecule has 2 fully saturated rings. The minimum absolute atomic E-state index is 0.0586. The Bertz CT molecular complexity index is 410. The number of nitrogens with zero attached hydrogens (tertiary/aromatic N) is 3. The standard InChI is InChI=1S/C19H39N5O/c1-16-12-17(2)14-24(13-16)19(3,4)15-22-18(20)21-6-5-7-23-8-10-25-11-9-23/h16-17H,5-15H2,1-4H3,(H3,20,21,22). The molecule has 0 aromatic heterocycles. The van der Waals surface area contributed by atoms with E-state index >= 15 is 0 Å². The minimum atomic E-state index is 0.0586. The van der Waals surface area contributed by atoms with Gasteiger partial charge in [0, 0.05) is 38.3 Å². The first kappa shape index (κ1) is 20.5. The van der Waals surface area contributed by atoms with Crippen LogP contribution in [0.15, 0.2) is 4.99 Å². The Morgan fingerprint density at radius 2 is 1.84 bits per heavy atom. The number of piperidine rings is 1. The van der Waals surface area contributed by atoms with Crippen LogP contribution in [0, 0.1) is 11.8 Å². The van der Waals surface area contributed by atoms with Gasteiger partial charge in [-0.1, -0.05) is 13.8 Å². The first-order valence-electron chi connectivity index (χ1n) is 9.96. The highest BCUT2D eigenvalue weighted by atomic mass is 16.5. The van der Waals surface area contributed by atoms with E-state index in [2.05, 4.69) is 47.8 Å². The summed E-state index contributed by atoms with van der Waals surface area (Å²) in [6, 6.07) is 0. The molecule has 6 nitrogen and oxygen atoms in total. The second-order valence-corrected chi connectivity index (χ2v) is 8.60. The van der Waals surface area contributed by atoms with Crippen LogP contribution in [-0.4, -0.2) is 80.3 Å². The fourth-order valence-electron chi connectivity index (χ4n) is 3.94. The first-order valence-corrected chi connectivity index (χ1v) is 9.96. The lowest BCUT2D eigenvalue weighted by molar-refractivity contribution is 0.0376. The van der Waals surface area contributed by atoms with Gasteiger partial charge in [0.25, 0.3) is 0 Å². The van der Waals surface area contributed by atoms with E-state index in [0.717, 1.165) is 64.2 Å². The molecule has 2 aliphatic rings. The molecule has 2 rings (SSSR count). The Hall–Kier alpha value is -0.850. The topological polar surface area (TPSA) is 66.1 Å². The van der Waals surface area contributed by atoms with E-state index in [1.165, 1.54) is 19.5 Å². The van der Waals surface area contributed by atoms with E-state index in [9.17, 15) is 0 Å². The number of nitrogens with two attached hydrogens (primary N) is 1. The number of nitrogens with one attached hydrogen (secondary N) is 1. The van der Waals surface area contributed by atoms with Crippen molar-refractivity contribution in [1.82, 2.24) is 15.1 Å². The molecule has 2 aliphatic heterocycles. The Labute approximate surface area is 154 Å². The van der Waals surface area contributed by atoms with Crippen molar-refractivity contribution >= 4 is 5.96 Å². The number of hydrogen-bond acceptors (Lipinski definition) is 4. The number of ether oxygens (including phenoxy) is 1. The monoisotopic (exact) mass is 353 g/mol. The van der Waals surface area contributed by atoms with Crippen LogP contribution in [0.2, 0.25) is 0 Å². The number of morpholine rings is 1. The minimum Gasteiger partial charge on any atom is -0.379 e. The highest BCUT2D eigenvalue weighted by Gasteiger charge is 2.32. The van der Waals surface area contributed by atoms with Gasteiger partial charge in [0.05, 0.1) is 19.8 Å². The zero-order valence-electron chi connectivity index (χ0n) is 16.8. The summed E-state index contributed by atoms with van der Waals surface area (Å²) >= 11 is 0. The van der Waals surface area contributed by atoms with E-state index in [4.69, 9.17) is 10.5 Å². The lowest BCUT2D eigenvalue weighted by Crippen LogP contribution is -2.53. The Balaban J connectivity index is 1.68. The normalized spacial score (nSPS) is 27.4. The van der Waals surface area contributed by atoms with Crippen molar-refractivity contribution in [2.24, 2.45) is 22.6 Å². The lowest BCUT2D eigenvalue weighted by Gasteiger charge is -2.44. The molecule has 0 aromatic rings. The maximum atomic E-state index is 6.07. The van der Waals surface area contributed by atoms with Crippen LogP contribution in [0.4, 0.5) is 0 Å². The average Bonchev–Trinajstić information content (AvgIpc) is 2.57. The van der Waals surface area contributed by atoms with E-state index in [-0.39, 0.29) is 5.54 Å². The molecule has 2 heterocycles. The molecular weight excluding hydrogens is 314 g/mol. The highest BCUT2D eigenvalue weighted by molar-refractivity contribution is 5.77. The largest absolute Gasteiger partial charge is 0.379 e. The van der Waals surface area contributed by atoms with Gasteiger partial charge >= 0.3 is 0 Å². The summed E-state index contributed by atoms with van der Waals surface area (Å²) in [4.78, 5) is 9.64. The predicted molar refractivity (Wildman–Crippen MR) is 105 cm³/mol. The van der Waals surface area contributed by atoms with Crippen molar-refractivity contribution < 1.29 is 4.74 Å². The van der Waals surface area contributed by atoms with Gasteiger partial charge in [0.2, 0.25) is 0 Å². The molecule has 0 amide bonds. The van der Waals surface area contributed by atoms with Gasteiger partial charge in [-0.15, -0.1) is 0 Å². The zero-order valence-corrected chi connectivity index (χ0v) is 16.8. The van der Waals surface area contributed by atoms with Crippen molar-refractivity contribution in [3.63, 3.8) is 0 Å². The average molecular weight is 354 g/mol.